The Labute approximate surface area is 155 Å². The molecule has 9 heteroatoms. The summed E-state index contributed by atoms with van der Waals surface area (Å²) in [5.41, 5.74) is 7.20. The highest BCUT2D eigenvalue weighted by Crippen LogP contribution is 2.29. The number of aryl methyl sites for hydroxylation is 2. The van der Waals surface area contributed by atoms with E-state index in [1.165, 1.54) is 0 Å². The molecule has 8 nitrogen and oxygen atoms in total. The van der Waals surface area contributed by atoms with E-state index in [0.29, 0.717) is 17.4 Å². The van der Waals surface area contributed by atoms with Crippen molar-refractivity contribution >= 4 is 17.5 Å². The van der Waals surface area contributed by atoms with Gasteiger partial charge in [0, 0.05) is 17.4 Å². The predicted molar refractivity (Wildman–Crippen MR) is 95.1 cm³/mol. The third kappa shape index (κ3) is 3.08. The van der Waals surface area contributed by atoms with Crippen molar-refractivity contribution in [3.8, 4) is 5.69 Å². The lowest BCUT2D eigenvalue weighted by atomic mass is 9.98. The summed E-state index contributed by atoms with van der Waals surface area (Å²) < 4.78 is 3.70. The Morgan fingerprint density at radius 1 is 1.42 bits per heavy atom. The quantitative estimate of drug-likeness (QED) is 0.749. The Morgan fingerprint density at radius 2 is 2.27 bits per heavy atom. The van der Waals surface area contributed by atoms with Gasteiger partial charge in [0.2, 0.25) is 5.91 Å². The number of carbonyl (C=O) groups is 1. The van der Waals surface area contributed by atoms with Gasteiger partial charge in [-0.05, 0) is 37.1 Å². The van der Waals surface area contributed by atoms with E-state index in [9.17, 15) is 4.79 Å². The molecule has 26 heavy (non-hydrogen) atoms. The highest BCUT2D eigenvalue weighted by atomic mass is 35.5. The first kappa shape index (κ1) is 16.7. The molecular formula is C17H18ClN7O. The normalized spacial score (nSPS) is 16.5. The van der Waals surface area contributed by atoms with Gasteiger partial charge >= 0.3 is 0 Å². The third-order valence-electron chi connectivity index (χ3n) is 4.57. The fourth-order valence-electron chi connectivity index (χ4n) is 3.35. The molecule has 3 aromatic rings. The summed E-state index contributed by atoms with van der Waals surface area (Å²) in [4.78, 5) is 20.2. The molecule has 1 atom stereocenters. The van der Waals surface area contributed by atoms with Crippen molar-refractivity contribution < 1.29 is 4.79 Å². The molecule has 2 aromatic heterocycles. The number of rotatable bonds is 4. The van der Waals surface area contributed by atoms with Crippen LogP contribution in [-0.2, 0) is 24.2 Å². The van der Waals surface area contributed by atoms with Gasteiger partial charge in [0.05, 0.1) is 18.7 Å². The molecule has 1 aliphatic heterocycles. The largest absolute Gasteiger partial charge is 0.369 e. The van der Waals surface area contributed by atoms with Crippen molar-refractivity contribution in [3.05, 3.63) is 52.6 Å². The number of aromatic nitrogens is 6. The van der Waals surface area contributed by atoms with Gasteiger partial charge in [-0.3, -0.25) is 4.79 Å². The number of nitrogens with two attached hydrogens (primary N) is 1. The van der Waals surface area contributed by atoms with Crippen LogP contribution in [0.15, 0.2) is 24.5 Å². The summed E-state index contributed by atoms with van der Waals surface area (Å²) in [6.07, 6.45) is 3.29. The van der Waals surface area contributed by atoms with E-state index in [2.05, 4.69) is 20.2 Å². The molecule has 1 amide bonds. The second-order valence-electron chi connectivity index (χ2n) is 6.47. The lowest BCUT2D eigenvalue weighted by molar-refractivity contribution is -0.117. The lowest BCUT2D eigenvalue weighted by Crippen LogP contribution is -2.23. The molecule has 134 valence electrons. The zero-order valence-electron chi connectivity index (χ0n) is 14.3. The Morgan fingerprint density at radius 3 is 3.04 bits per heavy atom. The van der Waals surface area contributed by atoms with Crippen molar-refractivity contribution in [2.24, 2.45) is 5.73 Å². The minimum atomic E-state index is -0.455. The molecule has 3 heterocycles. The van der Waals surface area contributed by atoms with Gasteiger partial charge < -0.3 is 5.73 Å². The van der Waals surface area contributed by atoms with E-state index < -0.39 is 5.91 Å². The zero-order chi connectivity index (χ0) is 18.3. The van der Waals surface area contributed by atoms with Crippen molar-refractivity contribution in [2.75, 3.05) is 0 Å². The van der Waals surface area contributed by atoms with E-state index in [0.717, 1.165) is 35.7 Å². The SMILES string of the molecule is Cc1cc(Cl)ccc1-n1nc(CC(N)=O)nc1C1CCc2ncnn2C1. The number of primary amides is 1. The van der Waals surface area contributed by atoms with Crippen LogP contribution in [0.2, 0.25) is 5.02 Å². The average molecular weight is 372 g/mol. The molecule has 0 radical (unpaired) electrons. The van der Waals surface area contributed by atoms with Gasteiger partial charge in [0.15, 0.2) is 5.82 Å². The van der Waals surface area contributed by atoms with Crippen LogP contribution in [0.3, 0.4) is 0 Å². The van der Waals surface area contributed by atoms with Crippen LogP contribution in [-0.4, -0.2) is 35.4 Å². The number of amides is 1. The molecule has 1 unspecified atom stereocenters. The maximum Gasteiger partial charge on any atom is 0.225 e. The van der Waals surface area contributed by atoms with Gasteiger partial charge in [-0.2, -0.15) is 10.2 Å². The molecule has 0 spiro atoms. The van der Waals surface area contributed by atoms with E-state index in [1.807, 2.05) is 29.8 Å². The van der Waals surface area contributed by atoms with Gasteiger partial charge in [-0.25, -0.2) is 19.3 Å². The van der Waals surface area contributed by atoms with Crippen molar-refractivity contribution in [2.45, 2.75) is 38.6 Å². The minimum Gasteiger partial charge on any atom is -0.369 e. The number of carbonyl (C=O) groups excluding carboxylic acids is 1. The summed E-state index contributed by atoms with van der Waals surface area (Å²) >= 11 is 6.09. The number of fused-ring (bicyclic) bond motifs is 1. The molecule has 0 bridgehead atoms. The van der Waals surface area contributed by atoms with Crippen LogP contribution in [0.4, 0.5) is 0 Å². The zero-order valence-corrected chi connectivity index (χ0v) is 15.0. The van der Waals surface area contributed by atoms with Crippen LogP contribution in [0, 0.1) is 6.92 Å². The van der Waals surface area contributed by atoms with Crippen molar-refractivity contribution in [1.29, 1.82) is 0 Å². The third-order valence-corrected chi connectivity index (χ3v) is 4.80. The van der Waals surface area contributed by atoms with Gasteiger partial charge in [-0.1, -0.05) is 11.6 Å². The standard InChI is InChI=1S/C17H18ClN7O/c1-10-6-12(18)3-4-13(10)25-17(22-15(23-25)7-14(19)26)11-2-5-16-20-9-21-24(16)8-11/h3-4,6,9,11H,2,5,7-8H2,1H3,(H2,19,26). The first-order valence-corrected chi connectivity index (χ1v) is 8.76. The molecule has 0 saturated carbocycles. The van der Waals surface area contributed by atoms with Gasteiger partial charge in [0.1, 0.15) is 18.0 Å². The molecule has 0 fully saturated rings. The minimum absolute atomic E-state index is 0.00787. The maximum absolute atomic E-state index is 11.3. The van der Waals surface area contributed by atoms with E-state index in [-0.39, 0.29) is 12.3 Å². The van der Waals surface area contributed by atoms with Crippen LogP contribution in [0.25, 0.3) is 5.69 Å². The van der Waals surface area contributed by atoms with E-state index in [1.54, 1.807) is 11.0 Å². The number of hydrogen-bond donors (Lipinski definition) is 1. The molecular weight excluding hydrogens is 354 g/mol. The first-order valence-electron chi connectivity index (χ1n) is 8.38. The van der Waals surface area contributed by atoms with E-state index in [4.69, 9.17) is 17.3 Å². The Hall–Kier alpha value is -2.74. The molecule has 2 N–H and O–H groups in total. The van der Waals surface area contributed by atoms with Crippen molar-refractivity contribution in [1.82, 2.24) is 29.5 Å². The topological polar surface area (TPSA) is 105 Å². The summed E-state index contributed by atoms with van der Waals surface area (Å²) in [5.74, 6) is 1.86. The molecule has 0 saturated heterocycles. The Bertz CT molecular complexity index is 977. The molecule has 1 aliphatic rings. The fourth-order valence-corrected chi connectivity index (χ4v) is 3.57. The number of hydrogen-bond acceptors (Lipinski definition) is 5. The first-order chi connectivity index (χ1) is 12.5. The van der Waals surface area contributed by atoms with Crippen LogP contribution < -0.4 is 5.73 Å². The highest BCUT2D eigenvalue weighted by molar-refractivity contribution is 6.30. The second-order valence-corrected chi connectivity index (χ2v) is 6.90. The van der Waals surface area contributed by atoms with Gasteiger partial charge in [0.25, 0.3) is 0 Å². The van der Waals surface area contributed by atoms with Crippen molar-refractivity contribution in [3.63, 3.8) is 0 Å². The maximum atomic E-state index is 11.3. The number of benzene rings is 1. The van der Waals surface area contributed by atoms with Crippen LogP contribution in [0.5, 0.6) is 0 Å². The molecule has 0 aliphatic carbocycles. The summed E-state index contributed by atoms with van der Waals surface area (Å²) in [5, 5.41) is 9.48. The second kappa shape index (κ2) is 6.53. The van der Waals surface area contributed by atoms with Gasteiger partial charge in [-0.15, -0.1) is 0 Å². The Kier molecular flexibility index (Phi) is 4.20. The smallest absolute Gasteiger partial charge is 0.225 e. The summed E-state index contributed by atoms with van der Waals surface area (Å²) in [7, 11) is 0. The summed E-state index contributed by atoms with van der Waals surface area (Å²) in [6.45, 7) is 2.65. The highest BCUT2D eigenvalue weighted by Gasteiger charge is 2.27. The van der Waals surface area contributed by atoms with Crippen LogP contribution >= 0.6 is 11.6 Å². The number of halogens is 1. The lowest BCUT2D eigenvalue weighted by Gasteiger charge is -2.22. The summed E-state index contributed by atoms with van der Waals surface area (Å²) in [6, 6.07) is 5.61. The van der Waals surface area contributed by atoms with Crippen LogP contribution in [0.1, 0.15) is 35.4 Å². The average Bonchev–Trinajstić information content (AvgIpc) is 3.20. The molecule has 1 aromatic carbocycles. The fraction of sp³-hybridized carbons (Fsp3) is 0.353. The monoisotopic (exact) mass is 371 g/mol. The Balaban J connectivity index is 1.77. The number of nitrogens with zero attached hydrogens (tertiary/aromatic N) is 6. The predicted octanol–water partition coefficient (Wildman–Crippen LogP) is 1.58. The molecule has 4 rings (SSSR count). The van der Waals surface area contributed by atoms with E-state index >= 15 is 0 Å².